The van der Waals surface area contributed by atoms with Crippen LogP contribution in [0.5, 0.6) is 5.75 Å². The Kier molecular flexibility index (Phi) is 6.19. The van der Waals surface area contributed by atoms with Gasteiger partial charge < -0.3 is 14.6 Å². The van der Waals surface area contributed by atoms with Gasteiger partial charge in [0.1, 0.15) is 5.75 Å². The number of nitrogens with one attached hydrogen (secondary N) is 1. The quantitative estimate of drug-likeness (QED) is 0.835. The highest BCUT2D eigenvalue weighted by molar-refractivity contribution is 5.57. The highest BCUT2D eigenvalue weighted by atomic mass is 16.5. The number of ether oxygens (including phenoxy) is 1. The largest absolute Gasteiger partial charge is 0.496 e. The van der Waals surface area contributed by atoms with Gasteiger partial charge in [-0.05, 0) is 25.5 Å². The number of likely N-dealkylation sites (tertiary alicyclic amines) is 1. The number of para-hydroxylation sites is 1. The molecule has 1 saturated heterocycles. The number of aromatic nitrogens is 2. The van der Waals surface area contributed by atoms with E-state index in [1.165, 1.54) is 12.8 Å². The normalized spacial score (nSPS) is 18.7. The summed E-state index contributed by atoms with van der Waals surface area (Å²) in [5.74, 6) is 2.30. The van der Waals surface area contributed by atoms with Crippen LogP contribution in [0.2, 0.25) is 0 Å². The third-order valence-electron chi connectivity index (χ3n) is 4.40. The van der Waals surface area contributed by atoms with Gasteiger partial charge in [-0.2, -0.15) is 4.98 Å². The van der Waals surface area contributed by atoms with Crippen LogP contribution < -0.4 is 10.1 Å². The van der Waals surface area contributed by atoms with Crippen molar-refractivity contribution >= 4 is 6.08 Å². The maximum Gasteiger partial charge on any atom is 0.223 e. The molecule has 0 amide bonds. The summed E-state index contributed by atoms with van der Waals surface area (Å²) in [4.78, 5) is 6.68. The van der Waals surface area contributed by atoms with E-state index in [1.807, 2.05) is 25.1 Å². The topological polar surface area (TPSA) is 63.4 Å². The zero-order valence-corrected chi connectivity index (χ0v) is 14.9. The number of rotatable bonds is 7. The van der Waals surface area contributed by atoms with Crippen LogP contribution in [0.15, 0.2) is 34.9 Å². The van der Waals surface area contributed by atoms with Crippen LogP contribution >= 0.6 is 0 Å². The predicted molar refractivity (Wildman–Crippen MR) is 97.4 cm³/mol. The fourth-order valence-electron chi connectivity index (χ4n) is 3.20. The summed E-state index contributed by atoms with van der Waals surface area (Å²) in [5.41, 5.74) is 1.10. The zero-order chi connectivity index (χ0) is 17.5. The second kappa shape index (κ2) is 8.78. The van der Waals surface area contributed by atoms with Gasteiger partial charge in [-0.1, -0.05) is 35.5 Å². The molecule has 1 aliphatic heterocycles. The van der Waals surface area contributed by atoms with E-state index in [4.69, 9.17) is 9.26 Å². The van der Waals surface area contributed by atoms with Crippen LogP contribution in [-0.2, 0) is 6.54 Å². The van der Waals surface area contributed by atoms with Crippen LogP contribution in [-0.4, -0.2) is 47.8 Å². The molecule has 1 N–H and O–H groups in total. The van der Waals surface area contributed by atoms with Gasteiger partial charge in [-0.3, -0.25) is 4.90 Å². The molecule has 0 spiro atoms. The van der Waals surface area contributed by atoms with Crippen LogP contribution in [0.1, 0.15) is 30.1 Å². The van der Waals surface area contributed by atoms with Gasteiger partial charge in [0.05, 0.1) is 13.7 Å². The van der Waals surface area contributed by atoms with Gasteiger partial charge in [0.2, 0.25) is 5.89 Å². The Morgan fingerprint density at radius 3 is 3.08 bits per heavy atom. The summed E-state index contributed by atoms with van der Waals surface area (Å²) in [6.45, 7) is 5.52. The number of hydrogen-bond donors (Lipinski definition) is 1. The van der Waals surface area contributed by atoms with Crippen molar-refractivity contribution < 1.29 is 9.26 Å². The van der Waals surface area contributed by atoms with Crippen molar-refractivity contribution in [2.45, 2.75) is 32.4 Å². The first-order chi connectivity index (χ1) is 12.2. The number of methoxy groups -OCH3 is 1. The summed E-state index contributed by atoms with van der Waals surface area (Å²) >= 11 is 0. The molecule has 0 radical (unpaired) electrons. The van der Waals surface area contributed by atoms with Gasteiger partial charge in [0.15, 0.2) is 5.82 Å². The molecule has 1 aromatic carbocycles. The first-order valence-corrected chi connectivity index (χ1v) is 8.79. The maximum atomic E-state index is 5.37. The number of aryl methyl sites for hydroxylation is 1. The van der Waals surface area contributed by atoms with Crippen molar-refractivity contribution in [1.82, 2.24) is 20.4 Å². The molecular formula is C19H26N4O2. The number of piperidine rings is 1. The van der Waals surface area contributed by atoms with Crippen molar-refractivity contribution in [2.24, 2.45) is 0 Å². The van der Waals surface area contributed by atoms with Gasteiger partial charge >= 0.3 is 0 Å². The highest BCUT2D eigenvalue weighted by Gasteiger charge is 2.20. The lowest BCUT2D eigenvalue weighted by atomic mass is 10.1. The molecule has 2 heterocycles. The van der Waals surface area contributed by atoms with E-state index in [1.54, 1.807) is 7.11 Å². The Bertz CT molecular complexity index is 698. The molecule has 25 heavy (non-hydrogen) atoms. The summed E-state index contributed by atoms with van der Waals surface area (Å²) in [6, 6.07) is 8.53. The van der Waals surface area contributed by atoms with Crippen molar-refractivity contribution in [3.05, 3.63) is 47.6 Å². The SMILES string of the molecule is COc1ccccc1/C=C/CNC1CCCN(Cc2noc(C)n2)C1. The monoisotopic (exact) mass is 342 g/mol. The molecule has 0 bridgehead atoms. The van der Waals surface area contributed by atoms with Gasteiger partial charge in [0, 0.05) is 31.6 Å². The van der Waals surface area contributed by atoms with E-state index in [0.717, 1.165) is 43.3 Å². The minimum absolute atomic E-state index is 0.490. The Morgan fingerprint density at radius 1 is 1.40 bits per heavy atom. The van der Waals surface area contributed by atoms with E-state index >= 15 is 0 Å². The number of benzene rings is 1. The Balaban J connectivity index is 1.45. The molecule has 1 aliphatic rings. The molecule has 1 aromatic heterocycles. The first kappa shape index (κ1) is 17.6. The van der Waals surface area contributed by atoms with Crippen molar-refractivity contribution in [3.63, 3.8) is 0 Å². The lowest BCUT2D eigenvalue weighted by Crippen LogP contribution is -2.45. The number of hydrogen-bond acceptors (Lipinski definition) is 6. The average Bonchev–Trinajstić information content (AvgIpc) is 3.04. The molecule has 6 nitrogen and oxygen atoms in total. The van der Waals surface area contributed by atoms with Crippen molar-refractivity contribution in [1.29, 1.82) is 0 Å². The molecule has 1 fully saturated rings. The number of nitrogens with zero attached hydrogens (tertiary/aromatic N) is 3. The Morgan fingerprint density at radius 2 is 2.28 bits per heavy atom. The molecule has 2 aromatic rings. The van der Waals surface area contributed by atoms with Crippen molar-refractivity contribution in [3.8, 4) is 5.75 Å². The zero-order valence-electron chi connectivity index (χ0n) is 14.9. The summed E-state index contributed by atoms with van der Waals surface area (Å²) in [5, 5.41) is 7.61. The van der Waals surface area contributed by atoms with Crippen LogP contribution in [0.25, 0.3) is 6.08 Å². The van der Waals surface area contributed by atoms with E-state index in [0.29, 0.717) is 11.9 Å². The molecule has 134 valence electrons. The van der Waals surface area contributed by atoms with E-state index in [2.05, 4.69) is 38.6 Å². The van der Waals surface area contributed by atoms with Gasteiger partial charge in [0.25, 0.3) is 0 Å². The molecular weight excluding hydrogens is 316 g/mol. The average molecular weight is 342 g/mol. The minimum atomic E-state index is 0.490. The molecule has 0 aliphatic carbocycles. The fraction of sp³-hybridized carbons (Fsp3) is 0.474. The van der Waals surface area contributed by atoms with Crippen molar-refractivity contribution in [2.75, 3.05) is 26.7 Å². The maximum absolute atomic E-state index is 5.37. The molecule has 1 unspecified atom stereocenters. The van der Waals surface area contributed by atoms with E-state index < -0.39 is 0 Å². The van der Waals surface area contributed by atoms with Crippen LogP contribution in [0.3, 0.4) is 0 Å². The van der Waals surface area contributed by atoms with E-state index in [-0.39, 0.29) is 0 Å². The van der Waals surface area contributed by atoms with Crippen LogP contribution in [0, 0.1) is 6.92 Å². The minimum Gasteiger partial charge on any atom is -0.496 e. The standard InChI is InChI=1S/C19H26N4O2/c1-15-21-19(22-25-15)14-23-12-6-9-17(13-23)20-11-5-8-16-7-3-4-10-18(16)24-2/h3-5,7-8,10,17,20H,6,9,11-14H2,1-2H3/b8-5+. The highest BCUT2D eigenvalue weighted by Crippen LogP contribution is 2.18. The molecule has 1 atom stereocenters. The second-order valence-electron chi connectivity index (χ2n) is 6.36. The summed E-state index contributed by atoms with van der Waals surface area (Å²) in [6.07, 6.45) is 6.64. The fourth-order valence-corrected chi connectivity index (χ4v) is 3.20. The smallest absolute Gasteiger partial charge is 0.223 e. The second-order valence-corrected chi connectivity index (χ2v) is 6.36. The third kappa shape index (κ3) is 5.14. The Labute approximate surface area is 148 Å². The Hall–Kier alpha value is -2.18. The summed E-state index contributed by atoms with van der Waals surface area (Å²) < 4.78 is 10.4. The molecule has 3 rings (SSSR count). The third-order valence-corrected chi connectivity index (χ3v) is 4.40. The first-order valence-electron chi connectivity index (χ1n) is 8.79. The molecule has 0 saturated carbocycles. The van der Waals surface area contributed by atoms with Gasteiger partial charge in [-0.15, -0.1) is 0 Å². The summed E-state index contributed by atoms with van der Waals surface area (Å²) in [7, 11) is 1.70. The van der Waals surface area contributed by atoms with Gasteiger partial charge in [-0.25, -0.2) is 0 Å². The van der Waals surface area contributed by atoms with E-state index in [9.17, 15) is 0 Å². The molecule has 6 heteroatoms. The lowest BCUT2D eigenvalue weighted by molar-refractivity contribution is 0.180. The van der Waals surface area contributed by atoms with Crippen LogP contribution in [0.4, 0.5) is 0 Å². The predicted octanol–water partition coefficient (Wildman–Crippen LogP) is 2.65. The lowest BCUT2D eigenvalue weighted by Gasteiger charge is -2.32.